The Hall–Kier alpha value is -0.610. The quantitative estimate of drug-likeness (QED) is 0.730. The van der Waals surface area contributed by atoms with Crippen molar-refractivity contribution >= 4 is 5.91 Å². The lowest BCUT2D eigenvalue weighted by atomic mass is 10.1. The minimum atomic E-state index is 0.0576. The second kappa shape index (κ2) is 6.36. The van der Waals surface area contributed by atoms with Crippen LogP contribution in [-0.4, -0.2) is 37.7 Å². The number of morpholine rings is 1. The van der Waals surface area contributed by atoms with E-state index in [0.717, 1.165) is 38.5 Å². The fraction of sp³-hybridized carbons (Fsp3) is 0.923. The summed E-state index contributed by atoms with van der Waals surface area (Å²) in [6.45, 7) is 4.56. The Bertz CT molecular complexity index is 248. The Morgan fingerprint density at radius 2 is 2.35 bits per heavy atom. The molecule has 1 amide bonds. The van der Waals surface area contributed by atoms with Gasteiger partial charge in [-0.3, -0.25) is 4.79 Å². The van der Waals surface area contributed by atoms with Crippen molar-refractivity contribution in [2.45, 2.75) is 51.2 Å². The summed E-state index contributed by atoms with van der Waals surface area (Å²) in [7, 11) is 0. The first-order valence-corrected chi connectivity index (χ1v) is 6.89. The van der Waals surface area contributed by atoms with Gasteiger partial charge in [-0.25, -0.2) is 0 Å². The molecule has 0 aromatic rings. The van der Waals surface area contributed by atoms with Gasteiger partial charge in [0, 0.05) is 19.1 Å². The first-order chi connectivity index (χ1) is 8.28. The molecule has 2 N–H and O–H groups in total. The Morgan fingerprint density at radius 3 is 2.94 bits per heavy atom. The molecule has 1 aliphatic carbocycles. The van der Waals surface area contributed by atoms with Gasteiger partial charge in [0.2, 0.25) is 5.91 Å². The molecule has 2 aliphatic rings. The van der Waals surface area contributed by atoms with Crippen molar-refractivity contribution in [1.29, 1.82) is 0 Å². The van der Waals surface area contributed by atoms with E-state index in [1.165, 1.54) is 12.8 Å². The lowest BCUT2D eigenvalue weighted by Gasteiger charge is -2.24. The standard InChI is InChI=1S/C13H24N2O2/c1-2-11(7-10-3-4-10)15-13(16)8-12-9-14-5-6-17-12/h10-12,14H,2-9H2,1H3,(H,15,16). The molecule has 98 valence electrons. The average Bonchev–Trinajstić information content (AvgIpc) is 3.13. The molecule has 1 saturated carbocycles. The molecule has 2 unspecified atom stereocenters. The van der Waals surface area contributed by atoms with Gasteiger partial charge in [0.05, 0.1) is 19.1 Å². The van der Waals surface area contributed by atoms with E-state index in [9.17, 15) is 4.79 Å². The molecule has 2 rings (SSSR count). The van der Waals surface area contributed by atoms with Gasteiger partial charge < -0.3 is 15.4 Å². The van der Waals surface area contributed by atoms with Crippen molar-refractivity contribution in [2.24, 2.45) is 5.92 Å². The smallest absolute Gasteiger partial charge is 0.222 e. The predicted octanol–water partition coefficient (Wildman–Crippen LogP) is 1.06. The molecule has 0 aromatic heterocycles. The largest absolute Gasteiger partial charge is 0.375 e. The molecular formula is C13H24N2O2. The number of hydrogen-bond donors (Lipinski definition) is 2. The molecule has 0 spiro atoms. The minimum absolute atomic E-state index is 0.0576. The fourth-order valence-corrected chi connectivity index (χ4v) is 2.33. The minimum Gasteiger partial charge on any atom is -0.375 e. The maximum absolute atomic E-state index is 11.9. The van der Waals surface area contributed by atoms with Crippen LogP contribution >= 0.6 is 0 Å². The van der Waals surface area contributed by atoms with Gasteiger partial charge in [-0.1, -0.05) is 19.8 Å². The molecule has 4 heteroatoms. The first-order valence-electron chi connectivity index (χ1n) is 6.89. The van der Waals surface area contributed by atoms with Gasteiger partial charge >= 0.3 is 0 Å². The van der Waals surface area contributed by atoms with Crippen LogP contribution in [0.15, 0.2) is 0 Å². The summed E-state index contributed by atoms with van der Waals surface area (Å²) in [5, 5.41) is 6.38. The summed E-state index contributed by atoms with van der Waals surface area (Å²) < 4.78 is 5.53. The Labute approximate surface area is 103 Å². The van der Waals surface area contributed by atoms with E-state index >= 15 is 0 Å². The highest BCUT2D eigenvalue weighted by molar-refractivity contribution is 5.76. The van der Waals surface area contributed by atoms with Crippen LogP contribution in [0.5, 0.6) is 0 Å². The van der Waals surface area contributed by atoms with E-state index in [1.807, 2.05) is 0 Å². The molecule has 1 heterocycles. The Kier molecular flexibility index (Phi) is 4.80. The van der Waals surface area contributed by atoms with Crippen LogP contribution in [0.25, 0.3) is 0 Å². The maximum Gasteiger partial charge on any atom is 0.222 e. The lowest BCUT2D eigenvalue weighted by molar-refractivity contribution is -0.125. The monoisotopic (exact) mass is 240 g/mol. The van der Waals surface area contributed by atoms with E-state index in [2.05, 4.69) is 17.6 Å². The van der Waals surface area contributed by atoms with Crippen molar-refractivity contribution in [3.8, 4) is 0 Å². The van der Waals surface area contributed by atoms with E-state index in [-0.39, 0.29) is 12.0 Å². The van der Waals surface area contributed by atoms with Gasteiger partial charge in [-0.15, -0.1) is 0 Å². The van der Waals surface area contributed by atoms with E-state index in [0.29, 0.717) is 12.5 Å². The molecule has 4 nitrogen and oxygen atoms in total. The van der Waals surface area contributed by atoms with Crippen LogP contribution in [-0.2, 0) is 9.53 Å². The second-order valence-corrected chi connectivity index (χ2v) is 5.25. The summed E-state index contributed by atoms with van der Waals surface area (Å²) in [6.07, 6.45) is 5.44. The normalized spacial score (nSPS) is 26.5. The molecule has 2 fully saturated rings. The molecule has 2 atom stereocenters. The van der Waals surface area contributed by atoms with Crippen molar-refractivity contribution in [2.75, 3.05) is 19.7 Å². The number of amides is 1. The number of carbonyl (C=O) groups excluding carboxylic acids is 1. The van der Waals surface area contributed by atoms with E-state index in [4.69, 9.17) is 4.74 Å². The number of hydrogen-bond acceptors (Lipinski definition) is 3. The number of rotatable bonds is 6. The summed E-state index contributed by atoms with van der Waals surface area (Å²) in [6, 6.07) is 0.367. The third-order valence-corrected chi connectivity index (χ3v) is 3.59. The van der Waals surface area contributed by atoms with Crippen molar-refractivity contribution in [1.82, 2.24) is 10.6 Å². The molecular weight excluding hydrogens is 216 g/mol. The van der Waals surface area contributed by atoms with Crippen molar-refractivity contribution < 1.29 is 9.53 Å². The average molecular weight is 240 g/mol. The molecule has 1 saturated heterocycles. The molecule has 0 radical (unpaired) electrons. The van der Waals surface area contributed by atoms with E-state index < -0.39 is 0 Å². The molecule has 1 aliphatic heterocycles. The first kappa shape index (κ1) is 12.8. The SMILES string of the molecule is CCC(CC1CC1)NC(=O)CC1CNCCO1. The third kappa shape index (κ3) is 4.64. The summed E-state index contributed by atoms with van der Waals surface area (Å²) in [5.41, 5.74) is 0. The second-order valence-electron chi connectivity index (χ2n) is 5.25. The zero-order chi connectivity index (χ0) is 12.1. The van der Waals surface area contributed by atoms with Crippen LogP contribution in [0, 0.1) is 5.92 Å². The fourth-order valence-electron chi connectivity index (χ4n) is 2.33. The van der Waals surface area contributed by atoms with Gasteiger partial charge in [-0.2, -0.15) is 0 Å². The predicted molar refractivity (Wildman–Crippen MR) is 66.8 cm³/mol. The number of ether oxygens (including phenoxy) is 1. The maximum atomic E-state index is 11.9. The topological polar surface area (TPSA) is 50.4 Å². The van der Waals surface area contributed by atoms with Crippen LogP contribution < -0.4 is 10.6 Å². The van der Waals surface area contributed by atoms with Crippen molar-refractivity contribution in [3.63, 3.8) is 0 Å². The van der Waals surface area contributed by atoms with Gasteiger partial charge in [0.1, 0.15) is 0 Å². The highest BCUT2D eigenvalue weighted by Gasteiger charge is 2.26. The van der Waals surface area contributed by atoms with Crippen LogP contribution in [0.3, 0.4) is 0 Å². The molecule has 0 bridgehead atoms. The van der Waals surface area contributed by atoms with Gasteiger partial charge in [0.25, 0.3) is 0 Å². The van der Waals surface area contributed by atoms with Crippen LogP contribution in [0.1, 0.15) is 39.0 Å². The third-order valence-electron chi connectivity index (χ3n) is 3.59. The zero-order valence-corrected chi connectivity index (χ0v) is 10.7. The Morgan fingerprint density at radius 1 is 1.53 bits per heavy atom. The number of nitrogens with one attached hydrogen (secondary N) is 2. The van der Waals surface area contributed by atoms with Crippen molar-refractivity contribution in [3.05, 3.63) is 0 Å². The van der Waals surface area contributed by atoms with Crippen LogP contribution in [0.2, 0.25) is 0 Å². The van der Waals surface area contributed by atoms with E-state index in [1.54, 1.807) is 0 Å². The zero-order valence-electron chi connectivity index (χ0n) is 10.7. The summed E-state index contributed by atoms with van der Waals surface area (Å²) >= 11 is 0. The Balaban J connectivity index is 1.66. The van der Waals surface area contributed by atoms with Gasteiger partial charge in [0.15, 0.2) is 0 Å². The lowest BCUT2D eigenvalue weighted by Crippen LogP contribution is -2.43. The number of carbonyl (C=O) groups is 1. The van der Waals surface area contributed by atoms with Crippen LogP contribution in [0.4, 0.5) is 0 Å². The van der Waals surface area contributed by atoms with Gasteiger partial charge in [-0.05, 0) is 18.8 Å². The molecule has 0 aromatic carbocycles. The highest BCUT2D eigenvalue weighted by Crippen LogP contribution is 2.34. The highest BCUT2D eigenvalue weighted by atomic mass is 16.5. The molecule has 17 heavy (non-hydrogen) atoms. The summed E-state index contributed by atoms with van der Waals surface area (Å²) in [5.74, 6) is 1.01. The summed E-state index contributed by atoms with van der Waals surface area (Å²) in [4.78, 5) is 11.9.